The third kappa shape index (κ3) is 17.6. The molecule has 0 aromatic carbocycles. The predicted octanol–water partition coefficient (Wildman–Crippen LogP) is 6.11. The molecule has 3 heteroatoms. The second-order valence-electron chi connectivity index (χ2n) is 5.94. The Bertz CT molecular complexity index is 264. The van der Waals surface area contributed by atoms with Gasteiger partial charge >= 0.3 is 5.97 Å². The van der Waals surface area contributed by atoms with Gasteiger partial charge in [-0.15, -0.1) is 0 Å². The maximum Gasteiger partial charge on any atom is 0.305 e. The number of carbonyl (C=O) groups is 1. The summed E-state index contributed by atoms with van der Waals surface area (Å²) in [5, 5.41) is 0. The van der Waals surface area contributed by atoms with Crippen molar-refractivity contribution in [2.75, 3.05) is 12.4 Å². The van der Waals surface area contributed by atoms with Crippen LogP contribution in [0.25, 0.3) is 0 Å². The Hall–Kier alpha value is -0.440. The average molecular weight is 329 g/mol. The number of hydrogen-bond donors (Lipinski definition) is 1. The van der Waals surface area contributed by atoms with Gasteiger partial charge < -0.3 is 4.74 Å². The first-order valence-corrected chi connectivity index (χ1v) is 9.82. The highest BCUT2D eigenvalue weighted by Crippen LogP contribution is 2.12. The van der Waals surface area contributed by atoms with Gasteiger partial charge in [0.15, 0.2) is 0 Å². The molecule has 0 aromatic heterocycles. The summed E-state index contributed by atoms with van der Waals surface area (Å²) in [4.78, 5) is 11.3. The standard InChI is InChI=1S/C19H36O2S/c1-2-3-4-5-6-7-8-9-10-11-12-13-14-15-16-19(20)21-17-18-22/h2-3,22H,4-18H2,1H3/b3-2+. The molecule has 0 spiro atoms. The van der Waals surface area contributed by atoms with Crippen molar-refractivity contribution in [1.29, 1.82) is 0 Å². The van der Waals surface area contributed by atoms with Gasteiger partial charge in [-0.05, 0) is 26.2 Å². The fourth-order valence-corrected chi connectivity index (χ4v) is 2.61. The zero-order valence-corrected chi connectivity index (χ0v) is 15.4. The minimum absolute atomic E-state index is 0.0662. The first kappa shape index (κ1) is 21.6. The molecule has 0 saturated carbocycles. The summed E-state index contributed by atoms with van der Waals surface area (Å²) in [6.45, 7) is 2.53. The molecular weight excluding hydrogens is 292 g/mol. The molecule has 0 amide bonds. The minimum atomic E-state index is -0.0662. The van der Waals surface area contributed by atoms with Crippen LogP contribution in [-0.2, 0) is 9.53 Å². The Kier molecular flexibility index (Phi) is 18.2. The smallest absolute Gasteiger partial charge is 0.305 e. The van der Waals surface area contributed by atoms with Crippen LogP contribution in [-0.4, -0.2) is 18.3 Å². The highest BCUT2D eigenvalue weighted by molar-refractivity contribution is 7.80. The number of hydrogen-bond acceptors (Lipinski definition) is 3. The quantitative estimate of drug-likeness (QED) is 0.160. The largest absolute Gasteiger partial charge is 0.465 e. The number of thiol groups is 1. The number of esters is 1. The topological polar surface area (TPSA) is 26.3 Å². The Morgan fingerprint density at radius 1 is 0.864 bits per heavy atom. The van der Waals surface area contributed by atoms with Crippen molar-refractivity contribution in [2.24, 2.45) is 0 Å². The van der Waals surface area contributed by atoms with E-state index in [2.05, 4.69) is 31.7 Å². The lowest BCUT2D eigenvalue weighted by molar-refractivity contribution is -0.143. The minimum Gasteiger partial charge on any atom is -0.465 e. The van der Waals surface area contributed by atoms with Crippen LogP contribution in [0.4, 0.5) is 0 Å². The van der Waals surface area contributed by atoms with Crippen molar-refractivity contribution >= 4 is 18.6 Å². The zero-order valence-electron chi connectivity index (χ0n) is 14.5. The molecule has 0 unspecified atom stereocenters. The summed E-state index contributed by atoms with van der Waals surface area (Å²) < 4.78 is 4.99. The highest BCUT2D eigenvalue weighted by atomic mass is 32.1. The fraction of sp³-hybridized carbons (Fsp3) is 0.842. The molecule has 0 heterocycles. The van der Waals surface area contributed by atoms with E-state index >= 15 is 0 Å². The molecule has 0 atom stereocenters. The zero-order chi connectivity index (χ0) is 16.3. The lowest BCUT2D eigenvalue weighted by Gasteiger charge is -2.04. The molecular formula is C19H36O2S. The van der Waals surface area contributed by atoms with Crippen molar-refractivity contribution < 1.29 is 9.53 Å². The average Bonchev–Trinajstić information content (AvgIpc) is 2.53. The molecule has 0 N–H and O–H groups in total. The molecule has 2 nitrogen and oxygen atoms in total. The van der Waals surface area contributed by atoms with Crippen molar-refractivity contribution in [2.45, 2.75) is 90.4 Å². The number of carbonyl (C=O) groups excluding carboxylic acids is 1. The molecule has 0 fully saturated rings. The maximum absolute atomic E-state index is 11.3. The molecule has 0 aliphatic rings. The first-order chi connectivity index (χ1) is 10.8. The Balaban J connectivity index is 3.07. The summed E-state index contributed by atoms with van der Waals surface area (Å²) in [5.74, 6) is 0.546. The van der Waals surface area contributed by atoms with Crippen LogP contribution in [0.5, 0.6) is 0 Å². The monoisotopic (exact) mass is 328 g/mol. The van der Waals surface area contributed by atoms with Gasteiger partial charge in [0.2, 0.25) is 0 Å². The Morgan fingerprint density at radius 2 is 1.36 bits per heavy atom. The van der Waals surface area contributed by atoms with E-state index in [4.69, 9.17) is 4.74 Å². The van der Waals surface area contributed by atoms with E-state index < -0.39 is 0 Å². The van der Waals surface area contributed by atoms with E-state index in [9.17, 15) is 4.79 Å². The van der Waals surface area contributed by atoms with Crippen LogP contribution in [0.15, 0.2) is 12.2 Å². The highest BCUT2D eigenvalue weighted by Gasteiger charge is 2.01. The van der Waals surface area contributed by atoms with Gasteiger partial charge in [-0.1, -0.05) is 69.9 Å². The van der Waals surface area contributed by atoms with Crippen molar-refractivity contribution in [3.05, 3.63) is 12.2 Å². The molecule has 0 rings (SSSR count). The fourth-order valence-electron chi connectivity index (χ4n) is 2.52. The Labute approximate surface area is 143 Å². The summed E-state index contributed by atoms with van der Waals surface area (Å²) in [5.41, 5.74) is 0. The Morgan fingerprint density at radius 3 is 1.86 bits per heavy atom. The van der Waals surface area contributed by atoms with Gasteiger partial charge in [0.05, 0.1) is 0 Å². The van der Waals surface area contributed by atoms with Gasteiger partial charge in [-0.2, -0.15) is 12.6 Å². The van der Waals surface area contributed by atoms with Crippen LogP contribution < -0.4 is 0 Å². The summed E-state index contributed by atoms with van der Waals surface area (Å²) in [7, 11) is 0. The van der Waals surface area contributed by atoms with Gasteiger partial charge in [-0.3, -0.25) is 4.79 Å². The first-order valence-electron chi connectivity index (χ1n) is 9.19. The second-order valence-corrected chi connectivity index (χ2v) is 6.39. The van der Waals surface area contributed by atoms with E-state index in [-0.39, 0.29) is 5.97 Å². The maximum atomic E-state index is 11.3. The molecule has 22 heavy (non-hydrogen) atoms. The van der Waals surface area contributed by atoms with Crippen LogP contribution >= 0.6 is 12.6 Å². The van der Waals surface area contributed by atoms with Crippen LogP contribution in [0.2, 0.25) is 0 Å². The number of allylic oxidation sites excluding steroid dienone is 2. The summed E-state index contributed by atoms with van der Waals surface area (Å²) >= 11 is 4.01. The number of unbranched alkanes of at least 4 members (excludes halogenated alkanes) is 11. The van der Waals surface area contributed by atoms with Crippen molar-refractivity contribution in [3.63, 3.8) is 0 Å². The van der Waals surface area contributed by atoms with Crippen LogP contribution in [0, 0.1) is 0 Å². The van der Waals surface area contributed by atoms with E-state index in [1.54, 1.807) is 0 Å². The molecule has 0 saturated heterocycles. The van der Waals surface area contributed by atoms with Gasteiger partial charge in [0.1, 0.15) is 6.61 Å². The van der Waals surface area contributed by atoms with Gasteiger partial charge in [0, 0.05) is 12.2 Å². The van der Waals surface area contributed by atoms with E-state index in [1.165, 1.54) is 64.2 Å². The molecule has 0 aromatic rings. The third-order valence-corrected chi connectivity index (χ3v) is 4.02. The van der Waals surface area contributed by atoms with E-state index in [0.29, 0.717) is 18.8 Å². The lowest BCUT2D eigenvalue weighted by Crippen LogP contribution is -2.06. The summed E-state index contributed by atoms with van der Waals surface area (Å²) in [6, 6.07) is 0. The molecule has 0 radical (unpaired) electrons. The number of ether oxygens (including phenoxy) is 1. The number of rotatable bonds is 16. The van der Waals surface area contributed by atoms with E-state index in [1.807, 2.05) is 0 Å². The molecule has 0 bridgehead atoms. The molecule has 0 aliphatic heterocycles. The third-order valence-electron chi connectivity index (χ3n) is 3.84. The summed E-state index contributed by atoms with van der Waals surface area (Å²) in [6.07, 6.45) is 20.5. The van der Waals surface area contributed by atoms with Crippen molar-refractivity contribution in [3.8, 4) is 0 Å². The van der Waals surface area contributed by atoms with Gasteiger partial charge in [0.25, 0.3) is 0 Å². The van der Waals surface area contributed by atoms with Gasteiger partial charge in [-0.25, -0.2) is 0 Å². The van der Waals surface area contributed by atoms with Crippen molar-refractivity contribution in [1.82, 2.24) is 0 Å². The second kappa shape index (κ2) is 18.6. The lowest BCUT2D eigenvalue weighted by atomic mass is 10.0. The molecule has 130 valence electrons. The van der Waals surface area contributed by atoms with Crippen LogP contribution in [0.3, 0.4) is 0 Å². The normalized spacial score (nSPS) is 11.2. The molecule has 0 aliphatic carbocycles. The SMILES string of the molecule is C/C=C/CCCCCCCCCCCCCC(=O)OCCS. The van der Waals surface area contributed by atoms with Crippen LogP contribution in [0.1, 0.15) is 90.4 Å². The predicted molar refractivity (Wildman–Crippen MR) is 99.6 cm³/mol. The van der Waals surface area contributed by atoms with E-state index in [0.717, 1.165) is 12.8 Å².